The molecule has 0 fully saturated rings. The Labute approximate surface area is 109 Å². The lowest BCUT2D eigenvalue weighted by Gasteiger charge is -2.16. The van der Waals surface area contributed by atoms with Crippen LogP contribution in [0.1, 0.15) is 21.8 Å². The van der Waals surface area contributed by atoms with Gasteiger partial charge in [0.15, 0.2) is 10.7 Å². The summed E-state index contributed by atoms with van der Waals surface area (Å²) in [7, 11) is -2.82. The number of hydrogen-bond donors (Lipinski definition) is 0. The molecule has 0 spiro atoms. The summed E-state index contributed by atoms with van der Waals surface area (Å²) in [4.78, 5) is 11.9. The first-order chi connectivity index (χ1) is 8.85. The molecule has 2 rings (SSSR count). The van der Waals surface area contributed by atoms with E-state index in [4.69, 9.17) is 8.94 Å². The molecule has 0 saturated carbocycles. The number of amides is 1. The van der Waals surface area contributed by atoms with Crippen LogP contribution in [0.15, 0.2) is 32.4 Å². The van der Waals surface area contributed by atoms with E-state index in [1.54, 1.807) is 0 Å². The van der Waals surface area contributed by atoms with E-state index in [2.05, 4.69) is 5.16 Å². The summed E-state index contributed by atoms with van der Waals surface area (Å²) < 4.78 is 34.9. The van der Waals surface area contributed by atoms with Gasteiger partial charge in [-0.2, -0.15) is 0 Å². The lowest BCUT2D eigenvalue weighted by molar-refractivity contribution is 0.0882. The Morgan fingerprint density at radius 1 is 1.37 bits per heavy atom. The number of furan rings is 1. The molecule has 0 aliphatic rings. The van der Waals surface area contributed by atoms with Crippen molar-refractivity contribution < 1.29 is 22.2 Å². The molecule has 0 saturated heterocycles. The highest BCUT2D eigenvalue weighted by molar-refractivity contribution is 7.89. The van der Waals surface area contributed by atoms with Gasteiger partial charge in [-0.1, -0.05) is 5.16 Å². The van der Waals surface area contributed by atoms with Crippen LogP contribution in [-0.2, 0) is 10.0 Å². The average molecular weight is 284 g/mol. The number of carbonyl (C=O) groups excluding carboxylic acids is 1. The Bertz CT molecular complexity index is 680. The number of aryl methyl sites for hydroxylation is 2. The van der Waals surface area contributed by atoms with Crippen LogP contribution >= 0.6 is 0 Å². The fourth-order valence-electron chi connectivity index (χ4n) is 1.66. The molecule has 0 unspecified atom stereocenters. The third kappa shape index (κ3) is 2.14. The predicted octanol–water partition coefficient (Wildman–Crippen LogP) is 1.35. The van der Waals surface area contributed by atoms with E-state index < -0.39 is 15.9 Å². The van der Waals surface area contributed by atoms with Crippen molar-refractivity contribution >= 4 is 15.9 Å². The first-order valence-corrected chi connectivity index (χ1v) is 6.78. The van der Waals surface area contributed by atoms with E-state index in [0.717, 1.165) is 0 Å². The van der Waals surface area contributed by atoms with Crippen molar-refractivity contribution in [3.63, 3.8) is 0 Å². The van der Waals surface area contributed by atoms with Gasteiger partial charge < -0.3 is 8.94 Å². The normalized spacial score (nSPS) is 11.5. The van der Waals surface area contributed by atoms with Gasteiger partial charge in [0.05, 0.1) is 11.8 Å². The summed E-state index contributed by atoms with van der Waals surface area (Å²) in [5.74, 6) is -0.543. The van der Waals surface area contributed by atoms with Gasteiger partial charge in [0.1, 0.15) is 12.0 Å². The van der Waals surface area contributed by atoms with Crippen LogP contribution in [0.5, 0.6) is 0 Å². The number of rotatable bonds is 3. The summed E-state index contributed by atoms with van der Waals surface area (Å²) in [6.07, 6.45) is 2.48. The summed E-state index contributed by atoms with van der Waals surface area (Å²) in [6.45, 7) is 2.97. The van der Waals surface area contributed by atoms with E-state index in [9.17, 15) is 13.2 Å². The zero-order chi connectivity index (χ0) is 14.2. The van der Waals surface area contributed by atoms with Crippen LogP contribution in [-0.4, -0.2) is 30.8 Å². The average Bonchev–Trinajstić information content (AvgIpc) is 2.97. The molecule has 0 aliphatic carbocycles. The number of carbonyl (C=O) groups is 1. The lowest BCUT2D eigenvalue weighted by atomic mass is 10.3. The molecule has 19 heavy (non-hydrogen) atoms. The summed E-state index contributed by atoms with van der Waals surface area (Å²) in [5, 5.41) is 3.58. The van der Waals surface area contributed by atoms with Gasteiger partial charge in [0, 0.05) is 7.05 Å². The van der Waals surface area contributed by atoms with Crippen molar-refractivity contribution in [2.45, 2.75) is 18.7 Å². The van der Waals surface area contributed by atoms with Gasteiger partial charge in [-0.05, 0) is 19.9 Å². The standard InChI is InChI=1S/C11H12N2O5S/c1-7-10(8(2)18-12-7)19(15,16)13(3)11(14)9-4-5-17-6-9/h4-6H,1-3H3. The van der Waals surface area contributed by atoms with Crippen molar-refractivity contribution in [1.82, 2.24) is 9.46 Å². The lowest BCUT2D eigenvalue weighted by Crippen LogP contribution is -2.33. The first-order valence-electron chi connectivity index (χ1n) is 5.34. The molecule has 7 nitrogen and oxygen atoms in total. The maximum absolute atomic E-state index is 12.3. The maximum Gasteiger partial charge on any atom is 0.271 e. The second-order valence-electron chi connectivity index (χ2n) is 3.94. The van der Waals surface area contributed by atoms with E-state index >= 15 is 0 Å². The van der Waals surface area contributed by atoms with Crippen molar-refractivity contribution in [3.05, 3.63) is 35.6 Å². The molecule has 2 aromatic rings. The first kappa shape index (κ1) is 13.3. The highest BCUT2D eigenvalue weighted by atomic mass is 32.2. The molecule has 102 valence electrons. The zero-order valence-electron chi connectivity index (χ0n) is 10.6. The summed E-state index contributed by atoms with van der Waals surface area (Å²) >= 11 is 0. The summed E-state index contributed by atoms with van der Waals surface area (Å²) in [5.41, 5.74) is 0.363. The topological polar surface area (TPSA) is 93.6 Å². The molecule has 0 N–H and O–H groups in total. The Morgan fingerprint density at radius 3 is 2.53 bits per heavy atom. The third-order valence-electron chi connectivity index (χ3n) is 2.64. The van der Waals surface area contributed by atoms with Crippen LogP contribution in [0, 0.1) is 13.8 Å². The van der Waals surface area contributed by atoms with Gasteiger partial charge in [0.2, 0.25) is 0 Å². The second kappa shape index (κ2) is 4.54. The highest BCUT2D eigenvalue weighted by Gasteiger charge is 2.32. The van der Waals surface area contributed by atoms with Gasteiger partial charge in [-0.15, -0.1) is 0 Å². The van der Waals surface area contributed by atoms with Crippen LogP contribution in [0.2, 0.25) is 0 Å². The van der Waals surface area contributed by atoms with Gasteiger partial charge >= 0.3 is 0 Å². The molecular formula is C11H12N2O5S. The number of sulfonamides is 1. The SMILES string of the molecule is Cc1noc(C)c1S(=O)(=O)N(C)C(=O)c1ccoc1. The van der Waals surface area contributed by atoms with Gasteiger partial charge in [-0.25, -0.2) is 12.7 Å². The largest absolute Gasteiger partial charge is 0.472 e. The van der Waals surface area contributed by atoms with Crippen molar-refractivity contribution in [2.75, 3.05) is 7.05 Å². The minimum absolute atomic E-state index is 0.0909. The minimum Gasteiger partial charge on any atom is -0.472 e. The van der Waals surface area contributed by atoms with Crippen LogP contribution < -0.4 is 0 Å². The van der Waals surface area contributed by atoms with Crippen molar-refractivity contribution in [2.24, 2.45) is 0 Å². The van der Waals surface area contributed by atoms with E-state index in [1.807, 2.05) is 0 Å². The van der Waals surface area contributed by atoms with Crippen LogP contribution in [0.4, 0.5) is 0 Å². The minimum atomic E-state index is -4.00. The zero-order valence-corrected chi connectivity index (χ0v) is 11.4. The van der Waals surface area contributed by atoms with E-state index in [1.165, 1.54) is 39.5 Å². The van der Waals surface area contributed by atoms with Gasteiger partial charge in [-0.3, -0.25) is 4.79 Å². The Morgan fingerprint density at radius 2 is 2.05 bits per heavy atom. The number of hydrogen-bond acceptors (Lipinski definition) is 6. The van der Waals surface area contributed by atoms with Crippen molar-refractivity contribution in [1.29, 1.82) is 0 Å². The Kier molecular flexibility index (Phi) is 3.19. The molecule has 0 radical (unpaired) electrons. The molecule has 2 heterocycles. The molecule has 2 aromatic heterocycles. The smallest absolute Gasteiger partial charge is 0.271 e. The van der Waals surface area contributed by atoms with Crippen molar-refractivity contribution in [3.8, 4) is 0 Å². The van der Waals surface area contributed by atoms with Gasteiger partial charge in [0.25, 0.3) is 15.9 Å². The fourth-order valence-corrected chi connectivity index (χ4v) is 3.07. The monoisotopic (exact) mass is 284 g/mol. The predicted molar refractivity (Wildman–Crippen MR) is 64.0 cm³/mol. The molecular weight excluding hydrogens is 272 g/mol. The summed E-state index contributed by atoms with van der Waals surface area (Å²) in [6, 6.07) is 1.39. The Balaban J connectivity index is 2.43. The molecule has 0 aromatic carbocycles. The quantitative estimate of drug-likeness (QED) is 0.844. The van der Waals surface area contributed by atoms with E-state index in [-0.39, 0.29) is 21.9 Å². The maximum atomic E-state index is 12.3. The molecule has 0 atom stereocenters. The Hall–Kier alpha value is -2.09. The molecule has 0 aliphatic heterocycles. The second-order valence-corrected chi connectivity index (χ2v) is 5.85. The fraction of sp³-hybridized carbons (Fsp3) is 0.273. The molecule has 1 amide bonds. The molecule has 8 heteroatoms. The number of nitrogens with zero attached hydrogens (tertiary/aromatic N) is 2. The van der Waals surface area contributed by atoms with Crippen LogP contribution in [0.25, 0.3) is 0 Å². The number of aromatic nitrogens is 1. The van der Waals surface area contributed by atoms with Crippen LogP contribution in [0.3, 0.4) is 0 Å². The van der Waals surface area contributed by atoms with E-state index in [0.29, 0.717) is 4.31 Å². The third-order valence-corrected chi connectivity index (χ3v) is 4.63. The molecule has 0 bridgehead atoms. The highest BCUT2D eigenvalue weighted by Crippen LogP contribution is 2.23.